The van der Waals surface area contributed by atoms with E-state index in [9.17, 15) is 9.59 Å². The van der Waals surface area contributed by atoms with Crippen molar-refractivity contribution >= 4 is 12.4 Å². The van der Waals surface area contributed by atoms with Crippen molar-refractivity contribution in [2.75, 3.05) is 20.1 Å². The molecule has 1 saturated heterocycles. The van der Waals surface area contributed by atoms with E-state index in [0.717, 1.165) is 32.3 Å². The van der Waals surface area contributed by atoms with Crippen LogP contribution in [-0.2, 0) is 16.2 Å². The van der Waals surface area contributed by atoms with Gasteiger partial charge in [-0.1, -0.05) is 30.3 Å². The number of likely N-dealkylation sites (tertiary alicyclic amines) is 1. The predicted molar refractivity (Wildman–Crippen MR) is 104 cm³/mol. The second-order valence-corrected chi connectivity index (χ2v) is 7.98. The second kappa shape index (κ2) is 9.33. The van der Waals surface area contributed by atoms with Gasteiger partial charge >= 0.3 is 6.09 Å². The zero-order valence-electron chi connectivity index (χ0n) is 16.3. The van der Waals surface area contributed by atoms with E-state index in [-0.39, 0.29) is 18.2 Å². The summed E-state index contributed by atoms with van der Waals surface area (Å²) in [6, 6.07) is 10.8. The van der Waals surface area contributed by atoms with E-state index in [1.165, 1.54) is 12.0 Å². The van der Waals surface area contributed by atoms with Gasteiger partial charge in [0, 0.05) is 45.2 Å². The number of carbonyl (C=O) groups excluding carboxylic acids is 2. The lowest BCUT2D eigenvalue weighted by Gasteiger charge is -2.26. The van der Waals surface area contributed by atoms with Gasteiger partial charge in [-0.15, -0.1) is 5.48 Å². The van der Waals surface area contributed by atoms with Crippen LogP contribution in [0.25, 0.3) is 0 Å². The molecule has 1 aliphatic heterocycles. The molecule has 0 spiro atoms. The van der Waals surface area contributed by atoms with Crippen LogP contribution in [0.4, 0.5) is 4.79 Å². The zero-order chi connectivity index (χ0) is 19.2. The van der Waals surface area contributed by atoms with Gasteiger partial charge in [-0.3, -0.25) is 4.90 Å². The molecule has 1 N–H and O–H groups in total. The number of nitrogens with one attached hydrogen (secondary N) is 1. The maximum Gasteiger partial charge on any atom is 0.428 e. The van der Waals surface area contributed by atoms with Gasteiger partial charge in [0.2, 0.25) is 0 Å². The SMILES string of the molecule is C[C@@H](CCC=O)N(C)C(=O)ON[C@@H]1CC[C@@H]2CN(Cc3ccccc3)C[C@@H]21. The number of hydrogen-bond acceptors (Lipinski definition) is 5. The zero-order valence-corrected chi connectivity index (χ0v) is 16.3. The summed E-state index contributed by atoms with van der Waals surface area (Å²) in [6.45, 7) is 5.07. The van der Waals surface area contributed by atoms with Gasteiger partial charge in [-0.2, -0.15) is 0 Å². The molecule has 0 unspecified atom stereocenters. The van der Waals surface area contributed by atoms with E-state index in [2.05, 4.69) is 34.6 Å². The lowest BCUT2D eigenvalue weighted by atomic mass is 9.98. The molecule has 1 aromatic carbocycles. The van der Waals surface area contributed by atoms with Gasteiger partial charge in [0.15, 0.2) is 0 Å². The lowest BCUT2D eigenvalue weighted by molar-refractivity contribution is -0.108. The van der Waals surface area contributed by atoms with Crippen molar-refractivity contribution in [3.05, 3.63) is 35.9 Å². The number of aldehydes is 1. The molecule has 0 aromatic heterocycles. The molecular formula is C21H31N3O3. The largest absolute Gasteiger partial charge is 0.428 e. The van der Waals surface area contributed by atoms with Crippen LogP contribution in [0.15, 0.2) is 30.3 Å². The maximum atomic E-state index is 12.2. The number of benzene rings is 1. The maximum absolute atomic E-state index is 12.2. The highest BCUT2D eigenvalue weighted by Gasteiger charge is 2.43. The molecule has 6 heteroatoms. The molecule has 0 radical (unpaired) electrons. The van der Waals surface area contributed by atoms with Crippen LogP contribution >= 0.6 is 0 Å². The average Bonchev–Trinajstić information content (AvgIpc) is 3.24. The minimum Gasteiger partial charge on any atom is -0.353 e. The number of rotatable bonds is 8. The van der Waals surface area contributed by atoms with Gasteiger partial charge in [-0.25, -0.2) is 4.79 Å². The molecule has 148 valence electrons. The summed E-state index contributed by atoms with van der Waals surface area (Å²) in [5, 5.41) is 0. The molecule has 1 amide bonds. The van der Waals surface area contributed by atoms with Gasteiger partial charge in [0.25, 0.3) is 0 Å². The summed E-state index contributed by atoms with van der Waals surface area (Å²) in [7, 11) is 1.72. The third-order valence-electron chi connectivity index (χ3n) is 6.13. The fraction of sp³-hybridized carbons (Fsp3) is 0.619. The molecule has 2 fully saturated rings. The van der Waals surface area contributed by atoms with E-state index in [1.54, 1.807) is 11.9 Å². The summed E-state index contributed by atoms with van der Waals surface area (Å²) in [5.74, 6) is 1.20. The quantitative estimate of drug-likeness (QED) is 0.561. The van der Waals surface area contributed by atoms with E-state index >= 15 is 0 Å². The Bertz CT molecular complexity index is 624. The summed E-state index contributed by atoms with van der Waals surface area (Å²) >= 11 is 0. The molecule has 27 heavy (non-hydrogen) atoms. The normalized spacial score (nSPS) is 25.8. The molecule has 6 nitrogen and oxygen atoms in total. The van der Waals surface area contributed by atoms with Gasteiger partial charge in [-0.05, 0) is 43.6 Å². The Balaban J connectivity index is 1.45. The fourth-order valence-corrected chi connectivity index (χ4v) is 4.36. The molecule has 3 rings (SSSR count). The predicted octanol–water partition coefficient (Wildman–Crippen LogP) is 2.84. The van der Waals surface area contributed by atoms with Crippen LogP contribution < -0.4 is 5.48 Å². The number of fused-ring (bicyclic) bond motifs is 1. The highest BCUT2D eigenvalue weighted by Crippen LogP contribution is 2.38. The van der Waals surface area contributed by atoms with Crippen LogP contribution in [-0.4, -0.2) is 54.4 Å². The first kappa shape index (κ1) is 19.8. The van der Waals surface area contributed by atoms with Gasteiger partial charge in [0.05, 0.1) is 0 Å². The van der Waals surface area contributed by atoms with Gasteiger partial charge in [0.1, 0.15) is 6.29 Å². The number of nitrogens with zero attached hydrogens (tertiary/aromatic N) is 2. The molecule has 2 aliphatic rings. The Kier molecular flexibility index (Phi) is 6.85. The first-order chi connectivity index (χ1) is 13.1. The minimum atomic E-state index is -0.379. The Morgan fingerprint density at radius 2 is 2.11 bits per heavy atom. The fourth-order valence-electron chi connectivity index (χ4n) is 4.36. The first-order valence-electron chi connectivity index (χ1n) is 9.97. The first-order valence-corrected chi connectivity index (χ1v) is 9.97. The van der Waals surface area contributed by atoms with E-state index < -0.39 is 0 Å². The van der Waals surface area contributed by atoms with Crippen molar-refractivity contribution in [3.8, 4) is 0 Å². The number of hydroxylamine groups is 1. The number of amides is 1. The van der Waals surface area contributed by atoms with Crippen LogP contribution in [0.3, 0.4) is 0 Å². The third kappa shape index (κ3) is 5.08. The number of carbonyl (C=O) groups is 2. The molecule has 1 aromatic rings. The van der Waals surface area contributed by atoms with E-state index in [0.29, 0.717) is 24.7 Å². The monoisotopic (exact) mass is 373 g/mol. The van der Waals surface area contributed by atoms with Gasteiger partial charge < -0.3 is 14.5 Å². The topological polar surface area (TPSA) is 61.9 Å². The standard InChI is InChI=1S/C21H31N3O3/c1-16(7-6-12-25)23(2)21(26)27-22-20-11-10-18-14-24(15-19(18)20)13-17-8-4-3-5-9-17/h3-5,8-9,12,16,18-20,22H,6-7,10-11,13-15H2,1-2H3/t16-,18+,19-,20+/m0/s1. The summed E-state index contributed by atoms with van der Waals surface area (Å²) < 4.78 is 0. The van der Waals surface area contributed by atoms with Crippen molar-refractivity contribution in [2.45, 2.75) is 51.2 Å². The molecule has 4 atom stereocenters. The van der Waals surface area contributed by atoms with Crippen molar-refractivity contribution < 1.29 is 14.4 Å². The Hall–Kier alpha value is -1.92. The lowest BCUT2D eigenvalue weighted by Crippen LogP contribution is -2.43. The van der Waals surface area contributed by atoms with Crippen molar-refractivity contribution in [2.24, 2.45) is 11.8 Å². The average molecular weight is 373 g/mol. The molecule has 1 saturated carbocycles. The van der Waals surface area contributed by atoms with Crippen LogP contribution in [0.2, 0.25) is 0 Å². The molecule has 1 aliphatic carbocycles. The number of hydrogen-bond donors (Lipinski definition) is 1. The van der Waals surface area contributed by atoms with Crippen molar-refractivity contribution in [1.29, 1.82) is 0 Å². The molecule has 1 heterocycles. The summed E-state index contributed by atoms with van der Waals surface area (Å²) in [5.41, 5.74) is 4.39. The van der Waals surface area contributed by atoms with Crippen LogP contribution in [0.1, 0.15) is 38.2 Å². The van der Waals surface area contributed by atoms with E-state index in [1.807, 2.05) is 13.0 Å². The minimum absolute atomic E-state index is 0.0197. The van der Waals surface area contributed by atoms with E-state index in [4.69, 9.17) is 4.84 Å². The third-order valence-corrected chi connectivity index (χ3v) is 6.13. The Morgan fingerprint density at radius 3 is 2.85 bits per heavy atom. The van der Waals surface area contributed by atoms with Crippen LogP contribution in [0.5, 0.6) is 0 Å². The summed E-state index contributed by atoms with van der Waals surface area (Å²) in [6.07, 6.45) is 3.83. The molecular weight excluding hydrogens is 342 g/mol. The Labute approximate surface area is 161 Å². The highest BCUT2D eigenvalue weighted by atomic mass is 16.7. The second-order valence-electron chi connectivity index (χ2n) is 7.98. The highest BCUT2D eigenvalue weighted by molar-refractivity contribution is 5.67. The Morgan fingerprint density at radius 1 is 1.33 bits per heavy atom. The smallest absolute Gasteiger partial charge is 0.353 e. The van der Waals surface area contributed by atoms with Crippen molar-refractivity contribution in [3.63, 3.8) is 0 Å². The van der Waals surface area contributed by atoms with Crippen molar-refractivity contribution in [1.82, 2.24) is 15.3 Å². The van der Waals surface area contributed by atoms with Crippen LogP contribution in [0, 0.1) is 11.8 Å². The molecule has 0 bridgehead atoms. The summed E-state index contributed by atoms with van der Waals surface area (Å²) in [4.78, 5) is 32.2.